The standard InChI is InChI=1S/C16H23ClN2O5/c1-16(2,3)24-15(21)18-7-6-14(20)19-11-9-12(22-4)10(17)8-13(11)23-5/h8-9H,6-7H2,1-5H3,(H,18,21)(H,19,20). The van der Waals surface area contributed by atoms with E-state index in [-0.39, 0.29) is 18.9 Å². The molecule has 1 rings (SSSR count). The van der Waals surface area contributed by atoms with Crippen molar-refractivity contribution < 1.29 is 23.8 Å². The van der Waals surface area contributed by atoms with Crippen molar-refractivity contribution >= 4 is 29.3 Å². The summed E-state index contributed by atoms with van der Waals surface area (Å²) in [6, 6.07) is 3.12. The molecule has 0 aliphatic rings. The molecule has 2 amide bonds. The molecule has 134 valence electrons. The summed E-state index contributed by atoms with van der Waals surface area (Å²) in [5.74, 6) is 0.530. The van der Waals surface area contributed by atoms with Crippen LogP contribution in [0.1, 0.15) is 27.2 Å². The van der Waals surface area contributed by atoms with E-state index in [4.69, 9.17) is 25.8 Å². The van der Waals surface area contributed by atoms with E-state index in [2.05, 4.69) is 10.6 Å². The molecule has 0 aromatic heterocycles. The molecule has 0 spiro atoms. The van der Waals surface area contributed by atoms with E-state index >= 15 is 0 Å². The number of hydrogen-bond acceptors (Lipinski definition) is 5. The topological polar surface area (TPSA) is 85.9 Å². The number of nitrogens with one attached hydrogen (secondary N) is 2. The molecule has 0 aliphatic carbocycles. The van der Waals surface area contributed by atoms with Crippen LogP contribution in [0.2, 0.25) is 5.02 Å². The van der Waals surface area contributed by atoms with Gasteiger partial charge in [0.2, 0.25) is 5.91 Å². The molecule has 0 radical (unpaired) electrons. The second kappa shape index (κ2) is 8.63. The van der Waals surface area contributed by atoms with E-state index in [1.807, 2.05) is 0 Å². The molecule has 8 heteroatoms. The van der Waals surface area contributed by atoms with Gasteiger partial charge in [0.15, 0.2) is 0 Å². The Hall–Kier alpha value is -2.15. The zero-order valence-corrected chi connectivity index (χ0v) is 15.2. The first-order valence-electron chi connectivity index (χ1n) is 7.34. The van der Waals surface area contributed by atoms with E-state index in [9.17, 15) is 9.59 Å². The first kappa shape index (κ1) is 19.9. The minimum Gasteiger partial charge on any atom is -0.495 e. The van der Waals surface area contributed by atoms with Crippen molar-refractivity contribution in [3.05, 3.63) is 17.2 Å². The maximum Gasteiger partial charge on any atom is 0.407 e. The fraction of sp³-hybridized carbons (Fsp3) is 0.500. The number of amides is 2. The van der Waals surface area contributed by atoms with Crippen LogP contribution < -0.4 is 20.1 Å². The molecule has 0 unspecified atom stereocenters. The SMILES string of the molecule is COc1cc(NC(=O)CCNC(=O)OC(C)(C)C)c(OC)cc1Cl. The van der Waals surface area contributed by atoms with Crippen LogP contribution in [0.3, 0.4) is 0 Å². The van der Waals surface area contributed by atoms with Gasteiger partial charge in [-0.15, -0.1) is 0 Å². The molecule has 1 aromatic carbocycles. The normalized spacial score (nSPS) is 10.8. The lowest BCUT2D eigenvalue weighted by molar-refractivity contribution is -0.116. The van der Waals surface area contributed by atoms with Crippen molar-refractivity contribution in [2.24, 2.45) is 0 Å². The molecule has 0 heterocycles. The van der Waals surface area contributed by atoms with Crippen molar-refractivity contribution in [3.8, 4) is 11.5 Å². The van der Waals surface area contributed by atoms with Gasteiger partial charge in [-0.25, -0.2) is 4.79 Å². The lowest BCUT2D eigenvalue weighted by Gasteiger charge is -2.19. The van der Waals surface area contributed by atoms with Gasteiger partial charge >= 0.3 is 6.09 Å². The second-order valence-corrected chi connectivity index (χ2v) is 6.32. The van der Waals surface area contributed by atoms with Gasteiger partial charge in [-0.05, 0) is 20.8 Å². The summed E-state index contributed by atoms with van der Waals surface area (Å²) in [6.45, 7) is 5.44. The third kappa shape index (κ3) is 6.54. The quantitative estimate of drug-likeness (QED) is 0.815. The van der Waals surface area contributed by atoms with Crippen molar-refractivity contribution in [3.63, 3.8) is 0 Å². The fourth-order valence-electron chi connectivity index (χ4n) is 1.76. The monoisotopic (exact) mass is 358 g/mol. The Balaban J connectivity index is 2.58. The maximum absolute atomic E-state index is 12.0. The number of carbonyl (C=O) groups excluding carboxylic acids is 2. The van der Waals surface area contributed by atoms with Crippen LogP contribution in [0.5, 0.6) is 11.5 Å². The van der Waals surface area contributed by atoms with Crippen LogP contribution in [0, 0.1) is 0 Å². The van der Waals surface area contributed by atoms with Crippen molar-refractivity contribution in [2.75, 3.05) is 26.1 Å². The molecule has 0 fully saturated rings. The Morgan fingerprint density at radius 3 is 2.29 bits per heavy atom. The van der Waals surface area contributed by atoms with E-state index < -0.39 is 11.7 Å². The van der Waals surface area contributed by atoms with Gasteiger partial charge in [0.1, 0.15) is 17.1 Å². The molecule has 0 saturated carbocycles. The zero-order chi connectivity index (χ0) is 18.3. The van der Waals surface area contributed by atoms with Crippen molar-refractivity contribution in [1.29, 1.82) is 0 Å². The minimum atomic E-state index is -0.584. The Kier molecular flexibility index (Phi) is 7.16. The number of halogens is 1. The molecule has 0 atom stereocenters. The summed E-state index contributed by atoms with van der Waals surface area (Å²) in [6.07, 6.45) is -0.492. The number of anilines is 1. The summed E-state index contributed by atoms with van der Waals surface area (Å²) in [5, 5.41) is 5.58. The molecule has 0 bridgehead atoms. The molecular weight excluding hydrogens is 336 g/mol. The highest BCUT2D eigenvalue weighted by Crippen LogP contribution is 2.35. The Morgan fingerprint density at radius 1 is 1.12 bits per heavy atom. The van der Waals surface area contributed by atoms with Crippen LogP contribution in [-0.2, 0) is 9.53 Å². The van der Waals surface area contributed by atoms with Crippen LogP contribution in [0.15, 0.2) is 12.1 Å². The van der Waals surface area contributed by atoms with Crippen LogP contribution in [-0.4, -0.2) is 38.4 Å². The van der Waals surface area contributed by atoms with E-state index in [0.717, 1.165) is 0 Å². The van der Waals surface area contributed by atoms with Crippen LogP contribution in [0.4, 0.5) is 10.5 Å². The maximum atomic E-state index is 12.0. The number of alkyl carbamates (subject to hydrolysis) is 1. The van der Waals surface area contributed by atoms with Gasteiger partial charge in [0, 0.05) is 25.1 Å². The molecule has 24 heavy (non-hydrogen) atoms. The van der Waals surface area contributed by atoms with Gasteiger partial charge < -0.3 is 24.8 Å². The highest BCUT2D eigenvalue weighted by atomic mass is 35.5. The highest BCUT2D eigenvalue weighted by molar-refractivity contribution is 6.32. The smallest absolute Gasteiger partial charge is 0.407 e. The van der Waals surface area contributed by atoms with Gasteiger partial charge in [0.25, 0.3) is 0 Å². The molecule has 1 aromatic rings. The lowest BCUT2D eigenvalue weighted by Crippen LogP contribution is -2.34. The summed E-state index contributed by atoms with van der Waals surface area (Å²) in [5.41, 5.74) is -0.152. The van der Waals surface area contributed by atoms with Crippen LogP contribution in [0.25, 0.3) is 0 Å². The minimum absolute atomic E-state index is 0.0767. The zero-order valence-electron chi connectivity index (χ0n) is 14.5. The summed E-state index contributed by atoms with van der Waals surface area (Å²) in [4.78, 5) is 23.5. The summed E-state index contributed by atoms with van der Waals surface area (Å²) in [7, 11) is 2.95. The van der Waals surface area contributed by atoms with Crippen LogP contribution >= 0.6 is 11.6 Å². The number of rotatable bonds is 6. The average Bonchev–Trinajstić information content (AvgIpc) is 2.46. The number of hydrogen-bond donors (Lipinski definition) is 2. The predicted octanol–water partition coefficient (Wildman–Crippen LogP) is 3.21. The first-order valence-corrected chi connectivity index (χ1v) is 7.72. The van der Waals surface area contributed by atoms with Gasteiger partial charge in [-0.1, -0.05) is 11.6 Å². The summed E-state index contributed by atoms with van der Waals surface area (Å²) < 4.78 is 15.4. The molecular formula is C16H23ClN2O5. The Bertz CT molecular complexity index is 599. The molecule has 7 nitrogen and oxygen atoms in total. The van der Waals surface area contributed by atoms with Gasteiger partial charge in [-0.3, -0.25) is 4.79 Å². The average molecular weight is 359 g/mol. The Morgan fingerprint density at radius 2 is 1.75 bits per heavy atom. The van der Waals surface area contributed by atoms with Gasteiger partial charge in [-0.2, -0.15) is 0 Å². The molecule has 2 N–H and O–H groups in total. The van der Waals surface area contributed by atoms with Gasteiger partial charge in [0.05, 0.1) is 24.9 Å². The third-order valence-electron chi connectivity index (χ3n) is 2.77. The number of carbonyl (C=O) groups is 2. The number of ether oxygens (including phenoxy) is 3. The lowest BCUT2D eigenvalue weighted by atomic mass is 10.2. The third-order valence-corrected chi connectivity index (χ3v) is 3.06. The van der Waals surface area contributed by atoms with Crippen molar-refractivity contribution in [1.82, 2.24) is 5.32 Å². The largest absolute Gasteiger partial charge is 0.495 e. The number of benzene rings is 1. The van der Waals surface area contributed by atoms with E-state index in [1.165, 1.54) is 14.2 Å². The second-order valence-electron chi connectivity index (χ2n) is 5.91. The fourth-order valence-corrected chi connectivity index (χ4v) is 1.99. The number of methoxy groups -OCH3 is 2. The summed E-state index contributed by atoms with van der Waals surface area (Å²) >= 11 is 6.01. The predicted molar refractivity (Wildman–Crippen MR) is 92.0 cm³/mol. The first-order chi connectivity index (χ1) is 11.2. The molecule has 0 aliphatic heterocycles. The van der Waals surface area contributed by atoms with Crippen molar-refractivity contribution in [2.45, 2.75) is 32.8 Å². The molecule has 0 saturated heterocycles. The van der Waals surface area contributed by atoms with E-state index in [1.54, 1.807) is 32.9 Å². The van der Waals surface area contributed by atoms with E-state index in [0.29, 0.717) is 22.2 Å². The Labute approximate surface area is 146 Å². The highest BCUT2D eigenvalue weighted by Gasteiger charge is 2.16.